The lowest BCUT2D eigenvalue weighted by atomic mass is 10.1. The fraction of sp³-hybridized carbons (Fsp3) is 0.200. The molecule has 0 saturated heterocycles. The quantitative estimate of drug-likeness (QED) is 0.547. The maximum Gasteiger partial charge on any atom is 0.418 e. The van der Waals surface area contributed by atoms with Gasteiger partial charge in [-0.05, 0) is 54.3 Å². The van der Waals surface area contributed by atoms with Crippen LogP contribution in [0, 0.1) is 6.92 Å². The van der Waals surface area contributed by atoms with Crippen LogP contribution in [-0.4, -0.2) is 23.9 Å². The molecule has 0 aliphatic carbocycles. The van der Waals surface area contributed by atoms with Gasteiger partial charge in [0.05, 0.1) is 24.1 Å². The number of urea groups is 1. The van der Waals surface area contributed by atoms with Gasteiger partial charge < -0.3 is 20.0 Å². The number of hydrogen-bond acceptors (Lipinski definition) is 4. The molecule has 0 bridgehead atoms. The molecule has 3 amide bonds. The monoisotopic (exact) mass is 437 g/mol. The minimum atomic E-state index is -4.74. The second kappa shape index (κ2) is 8.62. The number of aryl methyl sites for hydroxylation is 1. The van der Waals surface area contributed by atoms with Gasteiger partial charge in [0, 0.05) is 17.6 Å². The number of thiophene rings is 1. The maximum atomic E-state index is 13.6. The van der Waals surface area contributed by atoms with Gasteiger partial charge >= 0.3 is 12.2 Å². The van der Waals surface area contributed by atoms with E-state index in [1.807, 2.05) is 18.4 Å². The molecule has 1 aromatic carbocycles. The number of carbonyl (C=O) groups excluding carboxylic acids is 2. The van der Waals surface area contributed by atoms with E-state index in [1.165, 1.54) is 47.7 Å². The largest absolute Gasteiger partial charge is 0.459 e. The molecule has 2 heterocycles. The molecule has 10 heteroatoms. The molecule has 6 nitrogen and oxygen atoms in total. The predicted molar refractivity (Wildman–Crippen MR) is 108 cm³/mol. The molecule has 3 aromatic rings. The van der Waals surface area contributed by atoms with Gasteiger partial charge in [0.2, 0.25) is 0 Å². The van der Waals surface area contributed by atoms with Crippen LogP contribution >= 0.6 is 11.3 Å². The molecule has 30 heavy (non-hydrogen) atoms. The molecular weight excluding hydrogens is 419 g/mol. The number of anilines is 2. The predicted octanol–water partition coefficient (Wildman–Crippen LogP) is 5.58. The number of benzene rings is 1. The first-order chi connectivity index (χ1) is 14.1. The molecule has 0 spiro atoms. The van der Waals surface area contributed by atoms with Crippen LogP contribution in [0.15, 0.2) is 52.5 Å². The lowest BCUT2D eigenvalue weighted by Crippen LogP contribution is -2.31. The smallest absolute Gasteiger partial charge is 0.418 e. The van der Waals surface area contributed by atoms with Gasteiger partial charge in [-0.25, -0.2) is 4.79 Å². The van der Waals surface area contributed by atoms with Crippen molar-refractivity contribution in [1.82, 2.24) is 4.90 Å². The number of hydrogen-bond donors (Lipinski definition) is 2. The number of nitrogens with zero attached hydrogens (tertiary/aromatic N) is 1. The van der Waals surface area contributed by atoms with E-state index in [4.69, 9.17) is 4.42 Å². The van der Waals surface area contributed by atoms with E-state index in [2.05, 4.69) is 10.6 Å². The van der Waals surface area contributed by atoms with Gasteiger partial charge in [0.1, 0.15) is 0 Å². The van der Waals surface area contributed by atoms with Crippen molar-refractivity contribution in [3.63, 3.8) is 0 Å². The van der Waals surface area contributed by atoms with Crippen LogP contribution in [0.3, 0.4) is 0 Å². The Morgan fingerprint density at radius 1 is 1.17 bits per heavy atom. The first kappa shape index (κ1) is 21.4. The van der Waals surface area contributed by atoms with Crippen molar-refractivity contribution < 1.29 is 27.2 Å². The molecule has 0 unspecified atom stereocenters. The third-order valence-electron chi connectivity index (χ3n) is 4.27. The van der Waals surface area contributed by atoms with E-state index in [0.717, 1.165) is 22.6 Å². The zero-order valence-corrected chi connectivity index (χ0v) is 16.9. The van der Waals surface area contributed by atoms with Crippen LogP contribution in [0.5, 0.6) is 0 Å². The zero-order chi connectivity index (χ0) is 21.9. The molecule has 0 aliphatic heterocycles. The Kier molecular flexibility index (Phi) is 6.16. The van der Waals surface area contributed by atoms with Crippen molar-refractivity contribution >= 4 is 34.6 Å². The fourth-order valence-corrected chi connectivity index (χ4v) is 3.59. The Balaban J connectivity index is 1.77. The SMILES string of the molecule is Cc1ccsc1CN(C)C(=O)Nc1ccc(NC(=O)c2ccco2)cc1C(F)(F)F. The summed E-state index contributed by atoms with van der Waals surface area (Å²) >= 11 is 1.47. The van der Waals surface area contributed by atoms with Crippen molar-refractivity contribution in [3.8, 4) is 0 Å². The Hall–Kier alpha value is -3.27. The van der Waals surface area contributed by atoms with Crippen LogP contribution in [0.25, 0.3) is 0 Å². The Morgan fingerprint density at radius 3 is 2.53 bits per heavy atom. The summed E-state index contributed by atoms with van der Waals surface area (Å²) in [7, 11) is 1.50. The van der Waals surface area contributed by atoms with Crippen LogP contribution < -0.4 is 10.6 Å². The summed E-state index contributed by atoms with van der Waals surface area (Å²) in [5.74, 6) is -0.720. The first-order valence-corrected chi connectivity index (χ1v) is 9.64. The molecular formula is C20H18F3N3O3S. The zero-order valence-electron chi connectivity index (χ0n) is 16.0. The van der Waals surface area contributed by atoms with Gasteiger partial charge in [-0.2, -0.15) is 13.2 Å². The second-order valence-electron chi connectivity index (χ2n) is 6.50. The number of carbonyl (C=O) groups is 2. The average molecular weight is 437 g/mol. The number of halogens is 3. The fourth-order valence-electron chi connectivity index (χ4n) is 2.63. The molecule has 2 aromatic heterocycles. The average Bonchev–Trinajstić information content (AvgIpc) is 3.34. The van der Waals surface area contributed by atoms with E-state index in [9.17, 15) is 22.8 Å². The number of furan rings is 1. The summed E-state index contributed by atoms with van der Waals surface area (Å²) in [6.07, 6.45) is -3.46. The minimum Gasteiger partial charge on any atom is -0.459 e. The Labute approximate surface area is 174 Å². The van der Waals surface area contributed by atoms with Gasteiger partial charge in [-0.1, -0.05) is 0 Å². The highest BCUT2D eigenvalue weighted by atomic mass is 32.1. The summed E-state index contributed by atoms with van der Waals surface area (Å²) in [4.78, 5) is 26.7. The molecule has 0 aliphatic rings. The third-order valence-corrected chi connectivity index (χ3v) is 5.27. The summed E-state index contributed by atoms with van der Waals surface area (Å²) in [6.45, 7) is 2.17. The van der Waals surface area contributed by atoms with Crippen LogP contribution in [-0.2, 0) is 12.7 Å². The van der Waals surface area contributed by atoms with Crippen molar-refractivity contribution in [2.75, 3.05) is 17.7 Å². The van der Waals surface area contributed by atoms with Crippen molar-refractivity contribution in [2.45, 2.75) is 19.6 Å². The minimum absolute atomic E-state index is 0.0357. The summed E-state index contributed by atoms with van der Waals surface area (Å²) < 4.78 is 45.6. The van der Waals surface area contributed by atoms with E-state index >= 15 is 0 Å². The van der Waals surface area contributed by atoms with E-state index in [1.54, 1.807) is 0 Å². The van der Waals surface area contributed by atoms with Crippen molar-refractivity contribution in [1.29, 1.82) is 0 Å². The molecule has 3 rings (SSSR count). The highest BCUT2D eigenvalue weighted by Crippen LogP contribution is 2.37. The number of amides is 3. The Bertz CT molecular complexity index is 1050. The lowest BCUT2D eigenvalue weighted by Gasteiger charge is -2.20. The number of rotatable bonds is 5. The summed E-state index contributed by atoms with van der Waals surface area (Å²) in [6, 6.07) is 7.24. The molecule has 0 atom stereocenters. The number of nitrogens with one attached hydrogen (secondary N) is 2. The van der Waals surface area contributed by atoms with Gasteiger partial charge in [0.25, 0.3) is 5.91 Å². The highest BCUT2D eigenvalue weighted by Gasteiger charge is 2.34. The van der Waals surface area contributed by atoms with E-state index < -0.39 is 29.4 Å². The standard InChI is InChI=1S/C20H18F3N3O3S/c1-12-7-9-30-17(12)11-26(2)19(28)25-15-6-5-13(10-14(15)20(21,22)23)24-18(27)16-4-3-8-29-16/h3-10H,11H2,1-2H3,(H,24,27)(H,25,28). The second-order valence-corrected chi connectivity index (χ2v) is 7.50. The molecule has 0 saturated carbocycles. The van der Waals surface area contributed by atoms with Crippen LogP contribution in [0.2, 0.25) is 0 Å². The maximum absolute atomic E-state index is 13.6. The summed E-state index contributed by atoms with van der Waals surface area (Å²) in [5, 5.41) is 6.52. The highest BCUT2D eigenvalue weighted by molar-refractivity contribution is 7.10. The van der Waals surface area contributed by atoms with Crippen molar-refractivity contribution in [3.05, 3.63) is 69.8 Å². The molecule has 158 valence electrons. The molecule has 0 radical (unpaired) electrons. The van der Waals surface area contributed by atoms with Crippen LogP contribution in [0.1, 0.15) is 26.6 Å². The topological polar surface area (TPSA) is 74.6 Å². The van der Waals surface area contributed by atoms with Gasteiger partial charge in [-0.3, -0.25) is 4.79 Å². The van der Waals surface area contributed by atoms with E-state index in [0.29, 0.717) is 0 Å². The third kappa shape index (κ3) is 5.01. The summed E-state index contributed by atoms with van der Waals surface area (Å²) in [5.41, 5.74) is -0.552. The van der Waals surface area contributed by atoms with Crippen LogP contribution in [0.4, 0.5) is 29.3 Å². The van der Waals surface area contributed by atoms with Gasteiger partial charge in [-0.15, -0.1) is 11.3 Å². The molecule has 0 fully saturated rings. The normalized spacial score (nSPS) is 11.2. The molecule has 2 N–H and O–H groups in total. The number of alkyl halides is 3. The lowest BCUT2D eigenvalue weighted by molar-refractivity contribution is -0.136. The first-order valence-electron chi connectivity index (χ1n) is 8.76. The Morgan fingerprint density at radius 2 is 1.93 bits per heavy atom. The van der Waals surface area contributed by atoms with Gasteiger partial charge in [0.15, 0.2) is 5.76 Å². The van der Waals surface area contributed by atoms with E-state index in [-0.39, 0.29) is 18.0 Å². The van der Waals surface area contributed by atoms with Crippen molar-refractivity contribution in [2.24, 2.45) is 0 Å².